The van der Waals surface area contributed by atoms with Crippen molar-refractivity contribution in [2.75, 3.05) is 7.11 Å². The molecule has 0 bridgehead atoms. The van der Waals surface area contributed by atoms with E-state index in [1.165, 1.54) is 0 Å². The summed E-state index contributed by atoms with van der Waals surface area (Å²) >= 11 is 0. The number of rotatable bonds is 4. The second kappa shape index (κ2) is 4.78. The largest absolute Gasteiger partial charge is 0.476 e. The lowest BCUT2D eigenvalue weighted by Gasteiger charge is -2.08. The highest BCUT2D eigenvalue weighted by Crippen LogP contribution is 2.33. The second-order valence-electron chi connectivity index (χ2n) is 3.00. The van der Waals surface area contributed by atoms with Crippen LogP contribution in [0, 0.1) is 10.1 Å². The van der Waals surface area contributed by atoms with Gasteiger partial charge < -0.3 is 4.74 Å². The zero-order valence-corrected chi connectivity index (χ0v) is 9.65. The first-order valence-corrected chi connectivity index (χ1v) is 5.77. The van der Waals surface area contributed by atoms with Gasteiger partial charge in [0.2, 0.25) is 10.0 Å². The summed E-state index contributed by atoms with van der Waals surface area (Å²) in [5.74, 6) is -0.720. The van der Waals surface area contributed by atoms with E-state index in [1.807, 2.05) is 0 Å². The highest BCUT2D eigenvalue weighted by atomic mass is 32.2. The number of ether oxygens (including phenoxy) is 1. The number of hydrogen-bond donors (Lipinski definition) is 1. The molecule has 100 valence electrons. The zero-order chi connectivity index (χ0) is 14.1. The van der Waals surface area contributed by atoms with Crippen molar-refractivity contribution < 1.29 is 26.9 Å². The van der Waals surface area contributed by atoms with Crippen LogP contribution >= 0.6 is 0 Å². The molecule has 11 heteroatoms. The van der Waals surface area contributed by atoms with Crippen LogP contribution in [0.15, 0.2) is 11.0 Å². The standard InChI is InChI=1S/C7H7F2N3O5S/c1-17-7-3(12(13)14)2-4(18(10,15)16)5(11-7)6(8)9/h2,6H,1H3,(H2,10,15,16). The molecule has 0 saturated heterocycles. The van der Waals surface area contributed by atoms with Crippen LogP contribution < -0.4 is 9.88 Å². The van der Waals surface area contributed by atoms with Gasteiger partial charge in [0.1, 0.15) is 10.6 Å². The fraction of sp³-hybridized carbons (Fsp3) is 0.286. The number of sulfonamides is 1. The van der Waals surface area contributed by atoms with Crippen molar-refractivity contribution in [1.82, 2.24) is 4.98 Å². The third kappa shape index (κ3) is 2.68. The summed E-state index contributed by atoms with van der Waals surface area (Å²) in [5.41, 5.74) is -2.06. The zero-order valence-electron chi connectivity index (χ0n) is 8.83. The monoisotopic (exact) mass is 283 g/mol. The molecule has 0 spiro atoms. The highest BCUT2D eigenvalue weighted by Gasteiger charge is 2.29. The summed E-state index contributed by atoms with van der Waals surface area (Å²) in [7, 11) is -3.59. The molecule has 0 saturated carbocycles. The lowest BCUT2D eigenvalue weighted by atomic mass is 10.3. The van der Waals surface area contributed by atoms with Gasteiger partial charge in [-0.15, -0.1) is 0 Å². The Bertz CT molecular complexity index is 589. The summed E-state index contributed by atoms with van der Waals surface area (Å²) in [6.07, 6.45) is -3.27. The molecule has 1 rings (SSSR count). The molecule has 0 fully saturated rings. The number of nitro groups is 1. The number of nitrogens with two attached hydrogens (primary N) is 1. The van der Waals surface area contributed by atoms with E-state index in [0.717, 1.165) is 7.11 Å². The van der Waals surface area contributed by atoms with Crippen molar-refractivity contribution in [2.45, 2.75) is 11.3 Å². The Balaban J connectivity index is 3.69. The first-order valence-electron chi connectivity index (χ1n) is 4.22. The minimum atomic E-state index is -4.56. The summed E-state index contributed by atoms with van der Waals surface area (Å²) in [5, 5.41) is 15.3. The maximum Gasteiger partial charge on any atom is 0.332 e. The minimum Gasteiger partial charge on any atom is -0.476 e. The van der Waals surface area contributed by atoms with Gasteiger partial charge in [0.25, 0.3) is 12.3 Å². The first-order chi connectivity index (χ1) is 8.18. The number of pyridine rings is 1. The molecule has 0 unspecified atom stereocenters. The van der Waals surface area contributed by atoms with Gasteiger partial charge in [-0.25, -0.2) is 27.3 Å². The molecular weight excluding hydrogens is 276 g/mol. The van der Waals surface area contributed by atoms with E-state index in [1.54, 1.807) is 0 Å². The Kier molecular flexibility index (Phi) is 3.76. The van der Waals surface area contributed by atoms with Crippen LogP contribution in [0.3, 0.4) is 0 Å². The quantitative estimate of drug-likeness (QED) is 0.636. The van der Waals surface area contributed by atoms with Crippen molar-refractivity contribution in [3.63, 3.8) is 0 Å². The topological polar surface area (TPSA) is 125 Å². The molecule has 18 heavy (non-hydrogen) atoms. The number of alkyl halides is 2. The number of nitrogens with zero attached hydrogens (tertiary/aromatic N) is 2. The van der Waals surface area contributed by atoms with E-state index in [9.17, 15) is 27.3 Å². The fourth-order valence-corrected chi connectivity index (χ4v) is 1.85. The molecule has 0 aliphatic rings. The molecule has 8 nitrogen and oxygen atoms in total. The van der Waals surface area contributed by atoms with Gasteiger partial charge in [0.05, 0.1) is 12.0 Å². The molecule has 0 atom stereocenters. The SMILES string of the molecule is COc1nc(C(F)F)c(S(N)(=O)=O)cc1[N+](=O)[O-]. The maximum atomic E-state index is 12.6. The van der Waals surface area contributed by atoms with E-state index in [4.69, 9.17) is 5.14 Å². The molecule has 1 aromatic rings. The highest BCUT2D eigenvalue weighted by molar-refractivity contribution is 7.89. The number of methoxy groups -OCH3 is 1. The van der Waals surface area contributed by atoms with Crippen molar-refractivity contribution in [3.05, 3.63) is 21.9 Å². The van der Waals surface area contributed by atoms with E-state index in [2.05, 4.69) is 9.72 Å². The van der Waals surface area contributed by atoms with Crippen molar-refractivity contribution >= 4 is 15.7 Å². The normalized spacial score (nSPS) is 11.6. The fourth-order valence-electron chi connectivity index (χ4n) is 1.15. The average Bonchev–Trinajstić information content (AvgIpc) is 2.25. The predicted molar refractivity (Wildman–Crippen MR) is 53.8 cm³/mol. The lowest BCUT2D eigenvalue weighted by molar-refractivity contribution is -0.386. The van der Waals surface area contributed by atoms with E-state index < -0.39 is 43.5 Å². The van der Waals surface area contributed by atoms with Gasteiger partial charge in [-0.1, -0.05) is 0 Å². The van der Waals surface area contributed by atoms with E-state index in [0.29, 0.717) is 6.07 Å². The lowest BCUT2D eigenvalue weighted by Crippen LogP contribution is -2.17. The average molecular weight is 283 g/mol. The maximum absolute atomic E-state index is 12.6. The summed E-state index contributed by atoms with van der Waals surface area (Å²) in [4.78, 5) is 11.6. The molecule has 0 aliphatic heterocycles. The molecular formula is C7H7F2N3O5S. The Morgan fingerprint density at radius 1 is 1.56 bits per heavy atom. The van der Waals surface area contributed by atoms with Gasteiger partial charge >= 0.3 is 5.69 Å². The van der Waals surface area contributed by atoms with Crippen molar-refractivity contribution in [1.29, 1.82) is 0 Å². The van der Waals surface area contributed by atoms with Gasteiger partial charge in [-0.05, 0) is 0 Å². The number of aromatic nitrogens is 1. The van der Waals surface area contributed by atoms with Crippen LogP contribution in [0.5, 0.6) is 5.88 Å². The first kappa shape index (κ1) is 14.2. The minimum absolute atomic E-state index is 0.392. The van der Waals surface area contributed by atoms with Crippen LogP contribution in [0.4, 0.5) is 14.5 Å². The summed E-state index contributed by atoms with van der Waals surface area (Å²) < 4.78 is 51.8. The Morgan fingerprint density at radius 3 is 2.44 bits per heavy atom. The number of primary sulfonamides is 1. The van der Waals surface area contributed by atoms with Crippen LogP contribution in [0.1, 0.15) is 12.1 Å². The molecule has 0 aromatic carbocycles. The number of hydrogen-bond acceptors (Lipinski definition) is 6. The molecule has 1 aromatic heterocycles. The van der Waals surface area contributed by atoms with Gasteiger partial charge in [0, 0.05) is 6.07 Å². The Morgan fingerprint density at radius 2 is 2.11 bits per heavy atom. The third-order valence-electron chi connectivity index (χ3n) is 1.86. The Labute approximate surface area is 99.6 Å². The van der Waals surface area contributed by atoms with E-state index >= 15 is 0 Å². The molecule has 0 radical (unpaired) electrons. The molecule has 2 N–H and O–H groups in total. The second-order valence-corrected chi connectivity index (χ2v) is 4.53. The van der Waals surface area contributed by atoms with Crippen molar-refractivity contribution in [2.24, 2.45) is 5.14 Å². The van der Waals surface area contributed by atoms with Gasteiger partial charge in [-0.2, -0.15) is 0 Å². The molecule has 0 amide bonds. The van der Waals surface area contributed by atoms with Gasteiger partial charge in [0.15, 0.2) is 0 Å². The number of halogens is 2. The summed E-state index contributed by atoms with van der Waals surface area (Å²) in [6, 6.07) is 0.392. The molecule has 0 aliphatic carbocycles. The van der Waals surface area contributed by atoms with Crippen LogP contribution in [-0.4, -0.2) is 25.4 Å². The van der Waals surface area contributed by atoms with E-state index in [-0.39, 0.29) is 0 Å². The summed E-state index contributed by atoms with van der Waals surface area (Å²) in [6.45, 7) is 0. The van der Waals surface area contributed by atoms with Crippen LogP contribution in [0.25, 0.3) is 0 Å². The van der Waals surface area contributed by atoms with Crippen molar-refractivity contribution in [3.8, 4) is 5.88 Å². The molecule has 1 heterocycles. The van der Waals surface area contributed by atoms with Gasteiger partial charge in [-0.3, -0.25) is 10.1 Å². The van der Waals surface area contributed by atoms with Crippen LogP contribution in [-0.2, 0) is 10.0 Å². The Hall–Kier alpha value is -1.88. The smallest absolute Gasteiger partial charge is 0.332 e. The predicted octanol–water partition coefficient (Wildman–Crippen LogP) is 0.583. The van der Waals surface area contributed by atoms with Crippen LogP contribution in [0.2, 0.25) is 0 Å². The third-order valence-corrected chi connectivity index (χ3v) is 2.80.